The Kier molecular flexibility index (Phi) is 5.58. The van der Waals surface area contributed by atoms with Gasteiger partial charge in [0.25, 0.3) is 5.91 Å². The third kappa shape index (κ3) is 4.35. The number of hydrogen-bond donors (Lipinski definition) is 2. The summed E-state index contributed by atoms with van der Waals surface area (Å²) in [5.74, 6) is 0.679. The van der Waals surface area contributed by atoms with Gasteiger partial charge in [0.15, 0.2) is 0 Å². The van der Waals surface area contributed by atoms with Crippen LogP contribution in [-0.4, -0.2) is 29.5 Å². The van der Waals surface area contributed by atoms with Gasteiger partial charge in [-0.25, -0.2) is 4.98 Å². The van der Waals surface area contributed by atoms with Crippen molar-refractivity contribution in [2.24, 2.45) is 0 Å². The van der Waals surface area contributed by atoms with E-state index in [4.69, 9.17) is 0 Å². The maximum Gasteiger partial charge on any atom is 0.251 e. The number of imidazole rings is 1. The number of aromatic nitrogens is 2. The first kappa shape index (κ1) is 16.1. The minimum Gasteiger partial charge on any atom is -0.375 e. The lowest BCUT2D eigenvalue weighted by Gasteiger charge is -2.19. The molecule has 22 heavy (non-hydrogen) atoms. The van der Waals surface area contributed by atoms with Gasteiger partial charge >= 0.3 is 0 Å². The number of amides is 1. The molecule has 0 fully saturated rings. The summed E-state index contributed by atoms with van der Waals surface area (Å²) in [5, 5.41) is 2.87. The average molecular weight is 300 g/mol. The third-order valence-corrected chi connectivity index (χ3v) is 3.59. The van der Waals surface area contributed by atoms with Gasteiger partial charge in [0, 0.05) is 36.7 Å². The summed E-state index contributed by atoms with van der Waals surface area (Å²) in [6, 6.07) is 7.70. The number of rotatable bonds is 7. The number of anilines is 1. The highest BCUT2D eigenvalue weighted by Gasteiger charge is 2.07. The number of carbonyl (C=O) groups is 1. The summed E-state index contributed by atoms with van der Waals surface area (Å²) in [5.41, 5.74) is 2.78. The molecule has 118 valence electrons. The maximum absolute atomic E-state index is 12.1. The summed E-state index contributed by atoms with van der Waals surface area (Å²) < 4.78 is 0. The van der Waals surface area contributed by atoms with E-state index in [1.807, 2.05) is 31.2 Å². The Morgan fingerprint density at radius 3 is 2.64 bits per heavy atom. The SMILES string of the molecule is CCCCN(C)c1ccc(C(=O)NCc2ncc(C)[nH]2)cc1. The lowest BCUT2D eigenvalue weighted by molar-refractivity contribution is 0.0950. The van der Waals surface area contributed by atoms with Gasteiger partial charge in [-0.15, -0.1) is 0 Å². The average Bonchev–Trinajstić information content (AvgIpc) is 2.96. The predicted octanol–water partition coefficient (Wildman–Crippen LogP) is 2.88. The van der Waals surface area contributed by atoms with Crippen molar-refractivity contribution in [3.05, 3.63) is 47.5 Å². The monoisotopic (exact) mass is 300 g/mol. The Hall–Kier alpha value is -2.30. The van der Waals surface area contributed by atoms with Gasteiger partial charge in [0.2, 0.25) is 0 Å². The summed E-state index contributed by atoms with van der Waals surface area (Å²) in [4.78, 5) is 21.6. The minimum absolute atomic E-state index is 0.0863. The van der Waals surface area contributed by atoms with Crippen LogP contribution in [0.25, 0.3) is 0 Å². The molecule has 0 unspecified atom stereocenters. The van der Waals surface area contributed by atoms with Crippen LogP contribution in [0.5, 0.6) is 0 Å². The molecule has 1 heterocycles. The van der Waals surface area contributed by atoms with Crippen molar-refractivity contribution in [3.8, 4) is 0 Å². The third-order valence-electron chi connectivity index (χ3n) is 3.59. The van der Waals surface area contributed by atoms with Gasteiger partial charge < -0.3 is 15.2 Å². The predicted molar refractivity (Wildman–Crippen MR) is 89.1 cm³/mol. The van der Waals surface area contributed by atoms with Crippen molar-refractivity contribution >= 4 is 11.6 Å². The molecular formula is C17H24N4O. The van der Waals surface area contributed by atoms with E-state index >= 15 is 0 Å². The molecule has 0 bridgehead atoms. The number of nitrogens with one attached hydrogen (secondary N) is 2. The zero-order valence-electron chi connectivity index (χ0n) is 13.5. The number of unbranched alkanes of at least 4 members (excludes halogenated alkanes) is 1. The van der Waals surface area contributed by atoms with Crippen LogP contribution < -0.4 is 10.2 Å². The molecule has 0 aliphatic carbocycles. The fraction of sp³-hybridized carbons (Fsp3) is 0.412. The van der Waals surface area contributed by atoms with E-state index in [1.165, 1.54) is 12.8 Å². The molecule has 0 aliphatic heterocycles. The first-order valence-electron chi connectivity index (χ1n) is 7.70. The molecule has 0 radical (unpaired) electrons. The van der Waals surface area contributed by atoms with Crippen LogP contribution in [0, 0.1) is 6.92 Å². The minimum atomic E-state index is -0.0863. The first-order valence-corrected chi connectivity index (χ1v) is 7.70. The number of H-pyrrole nitrogens is 1. The van der Waals surface area contributed by atoms with Crippen LogP contribution in [-0.2, 0) is 6.54 Å². The lowest BCUT2D eigenvalue weighted by Crippen LogP contribution is -2.23. The highest BCUT2D eigenvalue weighted by molar-refractivity contribution is 5.94. The van der Waals surface area contributed by atoms with Gasteiger partial charge in [0.1, 0.15) is 5.82 Å². The highest BCUT2D eigenvalue weighted by atomic mass is 16.1. The Labute approximate surface area is 131 Å². The lowest BCUT2D eigenvalue weighted by atomic mass is 10.2. The van der Waals surface area contributed by atoms with Crippen LogP contribution in [0.3, 0.4) is 0 Å². The standard InChI is InChI=1S/C17H24N4O/c1-4-5-10-21(3)15-8-6-14(7-9-15)17(22)19-12-16-18-11-13(2)20-16/h6-9,11H,4-5,10,12H2,1-3H3,(H,18,20)(H,19,22). The Balaban J connectivity index is 1.90. The van der Waals surface area contributed by atoms with Crippen molar-refractivity contribution in [1.29, 1.82) is 0 Å². The molecule has 1 amide bonds. The molecule has 0 saturated carbocycles. The number of aromatic amines is 1. The Morgan fingerprint density at radius 2 is 2.05 bits per heavy atom. The molecule has 0 saturated heterocycles. The molecule has 2 aromatic rings. The van der Waals surface area contributed by atoms with Crippen molar-refractivity contribution in [2.75, 3.05) is 18.5 Å². The number of hydrogen-bond acceptors (Lipinski definition) is 3. The van der Waals surface area contributed by atoms with E-state index in [2.05, 4.69) is 34.2 Å². The Bertz CT molecular complexity index is 603. The van der Waals surface area contributed by atoms with Crippen LogP contribution in [0.4, 0.5) is 5.69 Å². The van der Waals surface area contributed by atoms with Gasteiger partial charge in [-0.2, -0.15) is 0 Å². The molecule has 0 aliphatic rings. The van der Waals surface area contributed by atoms with Crippen molar-refractivity contribution in [3.63, 3.8) is 0 Å². The maximum atomic E-state index is 12.1. The van der Waals surface area contributed by atoms with Crippen LogP contribution in [0.2, 0.25) is 0 Å². The number of aryl methyl sites for hydroxylation is 1. The first-order chi connectivity index (χ1) is 10.6. The molecule has 1 aromatic heterocycles. The highest BCUT2D eigenvalue weighted by Crippen LogP contribution is 2.14. The smallest absolute Gasteiger partial charge is 0.251 e. The van der Waals surface area contributed by atoms with Gasteiger partial charge in [-0.1, -0.05) is 13.3 Å². The van der Waals surface area contributed by atoms with Crippen LogP contribution >= 0.6 is 0 Å². The van der Waals surface area contributed by atoms with Crippen molar-refractivity contribution in [2.45, 2.75) is 33.2 Å². The second-order valence-electron chi connectivity index (χ2n) is 5.52. The van der Waals surface area contributed by atoms with Crippen molar-refractivity contribution in [1.82, 2.24) is 15.3 Å². The van der Waals surface area contributed by atoms with E-state index in [-0.39, 0.29) is 5.91 Å². The van der Waals surface area contributed by atoms with E-state index in [0.29, 0.717) is 12.1 Å². The molecule has 5 heteroatoms. The van der Waals surface area contributed by atoms with Crippen molar-refractivity contribution < 1.29 is 4.79 Å². The topological polar surface area (TPSA) is 61.0 Å². The number of nitrogens with zero attached hydrogens (tertiary/aromatic N) is 2. The summed E-state index contributed by atoms with van der Waals surface area (Å²) in [6.07, 6.45) is 4.10. The zero-order chi connectivity index (χ0) is 15.9. The Morgan fingerprint density at radius 1 is 1.32 bits per heavy atom. The quantitative estimate of drug-likeness (QED) is 0.826. The zero-order valence-corrected chi connectivity index (χ0v) is 13.5. The van der Waals surface area contributed by atoms with E-state index in [1.54, 1.807) is 6.20 Å². The van der Waals surface area contributed by atoms with Crippen LogP contribution in [0.15, 0.2) is 30.5 Å². The van der Waals surface area contributed by atoms with Gasteiger partial charge in [-0.05, 0) is 37.6 Å². The second-order valence-corrected chi connectivity index (χ2v) is 5.52. The van der Waals surface area contributed by atoms with E-state index < -0.39 is 0 Å². The van der Waals surface area contributed by atoms with Crippen LogP contribution in [0.1, 0.15) is 41.6 Å². The number of benzene rings is 1. The summed E-state index contributed by atoms with van der Waals surface area (Å²) in [6.45, 7) is 5.55. The molecule has 2 N–H and O–H groups in total. The summed E-state index contributed by atoms with van der Waals surface area (Å²) in [7, 11) is 2.07. The van der Waals surface area contributed by atoms with Gasteiger partial charge in [-0.3, -0.25) is 4.79 Å². The summed E-state index contributed by atoms with van der Waals surface area (Å²) >= 11 is 0. The normalized spacial score (nSPS) is 10.5. The van der Waals surface area contributed by atoms with E-state index in [9.17, 15) is 4.79 Å². The fourth-order valence-electron chi connectivity index (χ4n) is 2.21. The molecule has 0 atom stereocenters. The molecule has 1 aromatic carbocycles. The molecule has 2 rings (SSSR count). The largest absolute Gasteiger partial charge is 0.375 e. The van der Waals surface area contributed by atoms with E-state index in [0.717, 1.165) is 23.8 Å². The number of carbonyl (C=O) groups excluding carboxylic acids is 1. The molecule has 0 spiro atoms. The fourth-order valence-corrected chi connectivity index (χ4v) is 2.21. The van der Waals surface area contributed by atoms with Gasteiger partial charge in [0.05, 0.1) is 6.54 Å². The molecular weight excluding hydrogens is 276 g/mol. The molecule has 5 nitrogen and oxygen atoms in total. The second kappa shape index (κ2) is 7.64.